The van der Waals surface area contributed by atoms with Gasteiger partial charge in [-0.1, -0.05) is 0 Å². The van der Waals surface area contributed by atoms with Gasteiger partial charge < -0.3 is 0 Å². The van der Waals surface area contributed by atoms with Crippen molar-refractivity contribution in [3.63, 3.8) is 0 Å². The molecule has 0 N–H and O–H groups in total. The van der Waals surface area contributed by atoms with Crippen LogP contribution in [0.1, 0.15) is 13.8 Å². The third-order valence-corrected chi connectivity index (χ3v) is 1.79. The molecular weight excluding hydrogens is 138 g/mol. The Kier molecular flexibility index (Phi) is 1.81. The first-order chi connectivity index (χ1) is 4.25. The SMILES string of the molecule is CCN1N=CN(Cl)C1C. The fraction of sp³-hybridized carbons (Fsp3) is 0.800. The number of hydrogen-bond donors (Lipinski definition) is 0. The van der Waals surface area contributed by atoms with Crippen LogP contribution in [0.15, 0.2) is 5.10 Å². The van der Waals surface area contributed by atoms with Crippen LogP contribution < -0.4 is 0 Å². The van der Waals surface area contributed by atoms with Gasteiger partial charge in [-0.2, -0.15) is 5.10 Å². The van der Waals surface area contributed by atoms with Gasteiger partial charge >= 0.3 is 0 Å². The van der Waals surface area contributed by atoms with E-state index < -0.39 is 0 Å². The second-order valence-corrected chi connectivity index (χ2v) is 2.35. The topological polar surface area (TPSA) is 18.8 Å². The molecule has 0 saturated carbocycles. The van der Waals surface area contributed by atoms with Crippen molar-refractivity contribution in [1.29, 1.82) is 0 Å². The van der Waals surface area contributed by atoms with Crippen LogP contribution in [0.2, 0.25) is 0 Å². The molecule has 1 aliphatic rings. The van der Waals surface area contributed by atoms with E-state index in [0.29, 0.717) is 0 Å². The van der Waals surface area contributed by atoms with E-state index in [1.54, 1.807) is 10.8 Å². The minimum Gasteiger partial charge on any atom is -0.272 e. The van der Waals surface area contributed by atoms with Crippen molar-refractivity contribution in [3.05, 3.63) is 0 Å². The molecule has 1 aliphatic heterocycles. The Hall–Kier alpha value is -0.440. The van der Waals surface area contributed by atoms with Crippen LogP contribution in [0.4, 0.5) is 0 Å². The van der Waals surface area contributed by atoms with Gasteiger partial charge in [0.25, 0.3) is 0 Å². The zero-order valence-corrected chi connectivity index (χ0v) is 6.34. The molecule has 0 aliphatic carbocycles. The molecule has 0 bridgehead atoms. The highest BCUT2D eigenvalue weighted by molar-refractivity contribution is 6.19. The predicted molar refractivity (Wildman–Crippen MR) is 38.0 cm³/mol. The van der Waals surface area contributed by atoms with E-state index in [9.17, 15) is 0 Å². The van der Waals surface area contributed by atoms with Crippen molar-refractivity contribution in [2.45, 2.75) is 20.0 Å². The van der Waals surface area contributed by atoms with Gasteiger partial charge in [-0.05, 0) is 13.8 Å². The molecule has 1 atom stereocenters. The standard InChI is InChI=1S/C5H10ClN3/c1-3-9-5(2)8(6)4-7-9/h4-5H,3H2,1-2H3. The molecule has 3 nitrogen and oxygen atoms in total. The molecule has 1 heterocycles. The van der Waals surface area contributed by atoms with E-state index in [-0.39, 0.29) is 6.17 Å². The Bertz CT molecular complexity index is 125. The van der Waals surface area contributed by atoms with Crippen LogP contribution in [0, 0.1) is 0 Å². The monoisotopic (exact) mass is 147 g/mol. The van der Waals surface area contributed by atoms with Crippen molar-refractivity contribution in [1.82, 2.24) is 9.43 Å². The molecule has 1 rings (SSSR count). The maximum atomic E-state index is 5.68. The smallest absolute Gasteiger partial charge is 0.131 e. The summed E-state index contributed by atoms with van der Waals surface area (Å²) in [5.74, 6) is 0. The van der Waals surface area contributed by atoms with Crippen LogP contribution in [0.5, 0.6) is 0 Å². The number of halogens is 1. The fourth-order valence-corrected chi connectivity index (χ4v) is 0.922. The van der Waals surface area contributed by atoms with E-state index in [2.05, 4.69) is 5.10 Å². The summed E-state index contributed by atoms with van der Waals surface area (Å²) in [5.41, 5.74) is 0. The Morgan fingerprint density at radius 2 is 2.44 bits per heavy atom. The van der Waals surface area contributed by atoms with Gasteiger partial charge in [-0.25, -0.2) is 4.42 Å². The normalized spacial score (nSPS) is 25.9. The van der Waals surface area contributed by atoms with Crippen LogP contribution >= 0.6 is 11.8 Å². The average molecular weight is 148 g/mol. The lowest BCUT2D eigenvalue weighted by Crippen LogP contribution is -2.31. The predicted octanol–water partition coefficient (Wildman–Crippen LogP) is 1.07. The molecule has 4 heteroatoms. The summed E-state index contributed by atoms with van der Waals surface area (Å²) < 4.78 is 1.56. The fourth-order valence-electron chi connectivity index (χ4n) is 0.782. The average Bonchev–Trinajstić information content (AvgIpc) is 2.15. The lowest BCUT2D eigenvalue weighted by molar-refractivity contribution is 0.202. The van der Waals surface area contributed by atoms with Crippen LogP contribution in [-0.4, -0.2) is 28.5 Å². The van der Waals surface area contributed by atoms with Gasteiger partial charge in [0.15, 0.2) is 0 Å². The molecule has 1 unspecified atom stereocenters. The lowest BCUT2D eigenvalue weighted by Gasteiger charge is -2.20. The summed E-state index contributed by atoms with van der Waals surface area (Å²) in [6.45, 7) is 4.95. The van der Waals surface area contributed by atoms with E-state index >= 15 is 0 Å². The summed E-state index contributed by atoms with van der Waals surface area (Å²) in [7, 11) is 0. The maximum absolute atomic E-state index is 5.68. The van der Waals surface area contributed by atoms with Crippen molar-refractivity contribution in [3.8, 4) is 0 Å². The van der Waals surface area contributed by atoms with Crippen LogP contribution in [-0.2, 0) is 0 Å². The van der Waals surface area contributed by atoms with Gasteiger partial charge in [0.05, 0.1) is 0 Å². The molecule has 0 aromatic carbocycles. The highest BCUT2D eigenvalue weighted by atomic mass is 35.5. The van der Waals surface area contributed by atoms with Crippen molar-refractivity contribution in [2.75, 3.05) is 6.54 Å². The van der Waals surface area contributed by atoms with Crippen molar-refractivity contribution in [2.24, 2.45) is 5.10 Å². The summed E-state index contributed by atoms with van der Waals surface area (Å²) >= 11 is 5.68. The minimum atomic E-state index is 0.205. The highest BCUT2D eigenvalue weighted by Crippen LogP contribution is 2.12. The molecule has 0 aromatic heterocycles. The van der Waals surface area contributed by atoms with E-state index in [4.69, 9.17) is 11.8 Å². The minimum absolute atomic E-state index is 0.205. The van der Waals surface area contributed by atoms with Crippen LogP contribution in [0.25, 0.3) is 0 Å². The molecular formula is C5H10ClN3. The number of nitrogens with zero attached hydrogens (tertiary/aromatic N) is 3. The quantitative estimate of drug-likeness (QED) is 0.517. The molecule has 0 amide bonds. The van der Waals surface area contributed by atoms with Crippen molar-refractivity contribution < 1.29 is 0 Å². The third kappa shape index (κ3) is 1.10. The Balaban J connectivity index is 2.51. The molecule has 9 heavy (non-hydrogen) atoms. The highest BCUT2D eigenvalue weighted by Gasteiger charge is 2.19. The summed E-state index contributed by atoms with van der Waals surface area (Å²) in [6.07, 6.45) is 1.83. The number of hydrogen-bond acceptors (Lipinski definition) is 3. The van der Waals surface area contributed by atoms with Gasteiger partial charge in [0.2, 0.25) is 0 Å². The van der Waals surface area contributed by atoms with E-state index in [0.717, 1.165) is 6.54 Å². The van der Waals surface area contributed by atoms with Gasteiger partial charge in [0, 0.05) is 18.3 Å². The molecule has 52 valence electrons. The van der Waals surface area contributed by atoms with Gasteiger partial charge in [0.1, 0.15) is 12.5 Å². The van der Waals surface area contributed by atoms with E-state index in [1.165, 1.54) is 0 Å². The zero-order valence-electron chi connectivity index (χ0n) is 5.58. The summed E-state index contributed by atoms with van der Waals surface area (Å²) in [5, 5.41) is 5.93. The Labute approximate surface area is 60.0 Å². The molecule has 0 spiro atoms. The first kappa shape index (κ1) is 6.68. The Morgan fingerprint density at radius 1 is 1.78 bits per heavy atom. The first-order valence-electron chi connectivity index (χ1n) is 3.00. The maximum Gasteiger partial charge on any atom is 0.131 e. The lowest BCUT2D eigenvalue weighted by atomic mass is 10.5. The summed E-state index contributed by atoms with van der Waals surface area (Å²) in [4.78, 5) is 0. The zero-order chi connectivity index (χ0) is 6.85. The Morgan fingerprint density at radius 3 is 2.67 bits per heavy atom. The van der Waals surface area contributed by atoms with Crippen molar-refractivity contribution >= 4 is 18.1 Å². The van der Waals surface area contributed by atoms with Crippen LogP contribution in [0.3, 0.4) is 0 Å². The van der Waals surface area contributed by atoms with E-state index in [1.807, 2.05) is 18.9 Å². The largest absolute Gasteiger partial charge is 0.272 e. The molecule has 0 fully saturated rings. The number of rotatable bonds is 1. The first-order valence-corrected chi connectivity index (χ1v) is 3.34. The molecule has 0 radical (unpaired) electrons. The second kappa shape index (κ2) is 2.43. The second-order valence-electron chi connectivity index (χ2n) is 1.96. The molecule has 0 aromatic rings. The van der Waals surface area contributed by atoms with Gasteiger partial charge in [-0.3, -0.25) is 5.01 Å². The third-order valence-electron chi connectivity index (χ3n) is 1.42. The summed E-state index contributed by atoms with van der Waals surface area (Å²) in [6, 6.07) is 0. The number of hydrazone groups is 1. The molecule has 0 saturated heterocycles. The van der Waals surface area contributed by atoms with Gasteiger partial charge in [-0.15, -0.1) is 0 Å².